The Labute approximate surface area is 110 Å². The van der Waals surface area contributed by atoms with Crippen LogP contribution in [0.15, 0.2) is 29.2 Å². The van der Waals surface area contributed by atoms with Crippen molar-refractivity contribution in [1.82, 2.24) is 14.3 Å². The van der Waals surface area contributed by atoms with Gasteiger partial charge in [-0.05, 0) is 19.2 Å². The molecule has 100 valence electrons. The Morgan fingerprint density at radius 3 is 2.68 bits per heavy atom. The summed E-state index contributed by atoms with van der Waals surface area (Å²) >= 11 is 0. The third-order valence-electron chi connectivity index (χ3n) is 3.50. The predicted octanol–water partition coefficient (Wildman–Crippen LogP) is 0.152. The van der Waals surface area contributed by atoms with E-state index in [1.807, 2.05) is 6.07 Å². The van der Waals surface area contributed by atoms with E-state index in [1.54, 1.807) is 12.3 Å². The van der Waals surface area contributed by atoms with Crippen LogP contribution in [-0.4, -0.2) is 52.6 Å². The molecule has 0 radical (unpaired) electrons. The number of pyridine rings is 1. The molecular formula is C13H16N4O2. The first kappa shape index (κ1) is 12.0. The molecule has 2 aromatic rings. The fraction of sp³-hybridized carbons (Fsp3) is 0.385. The molecule has 1 saturated heterocycles. The second-order valence-corrected chi connectivity index (χ2v) is 4.86. The molecule has 0 atom stereocenters. The van der Waals surface area contributed by atoms with Gasteiger partial charge in [0.1, 0.15) is 5.65 Å². The van der Waals surface area contributed by atoms with E-state index in [0.29, 0.717) is 5.65 Å². The number of aromatic nitrogens is 2. The van der Waals surface area contributed by atoms with Crippen LogP contribution in [0.3, 0.4) is 0 Å². The summed E-state index contributed by atoms with van der Waals surface area (Å²) in [5, 5.41) is 9.32. The topological polar surface area (TPSA) is 61.1 Å². The number of hydrogen-bond acceptors (Lipinski definition) is 5. The van der Waals surface area contributed by atoms with Crippen LogP contribution < -0.4 is 10.5 Å². The van der Waals surface area contributed by atoms with Crippen LogP contribution in [0.2, 0.25) is 0 Å². The second kappa shape index (κ2) is 4.55. The summed E-state index contributed by atoms with van der Waals surface area (Å²) in [7, 11) is 2.11. The van der Waals surface area contributed by atoms with Crippen molar-refractivity contribution < 1.29 is 5.11 Å². The molecule has 6 nitrogen and oxygen atoms in total. The lowest BCUT2D eigenvalue weighted by Gasteiger charge is -2.34. The van der Waals surface area contributed by atoms with E-state index in [4.69, 9.17) is 0 Å². The number of aromatic hydroxyl groups is 1. The summed E-state index contributed by atoms with van der Waals surface area (Å²) in [6.07, 6.45) is 1.79. The summed E-state index contributed by atoms with van der Waals surface area (Å²) in [6.45, 7) is 3.92. The number of likely N-dealkylation sites (N-methyl/N-ethyl adjacent to an activating group) is 1. The van der Waals surface area contributed by atoms with Crippen LogP contribution in [-0.2, 0) is 0 Å². The molecule has 3 heterocycles. The van der Waals surface area contributed by atoms with E-state index >= 15 is 0 Å². The third-order valence-corrected chi connectivity index (χ3v) is 3.50. The second-order valence-electron chi connectivity index (χ2n) is 4.86. The minimum absolute atomic E-state index is 0.239. The van der Waals surface area contributed by atoms with Gasteiger partial charge < -0.3 is 14.9 Å². The number of fused-ring (bicyclic) bond motifs is 1. The quantitative estimate of drug-likeness (QED) is 0.791. The Morgan fingerprint density at radius 1 is 1.21 bits per heavy atom. The van der Waals surface area contributed by atoms with Crippen molar-refractivity contribution in [3.8, 4) is 5.88 Å². The summed E-state index contributed by atoms with van der Waals surface area (Å²) < 4.78 is 1.47. The van der Waals surface area contributed by atoms with Gasteiger partial charge in [0.05, 0.1) is 11.8 Å². The van der Waals surface area contributed by atoms with Crippen LogP contribution in [0, 0.1) is 0 Å². The van der Waals surface area contributed by atoms with Gasteiger partial charge in [0, 0.05) is 32.4 Å². The van der Waals surface area contributed by atoms with Gasteiger partial charge >= 0.3 is 0 Å². The molecule has 0 aliphatic carbocycles. The number of nitrogens with zero attached hydrogens (tertiary/aromatic N) is 4. The average Bonchev–Trinajstić information content (AvgIpc) is 2.39. The molecule has 1 fully saturated rings. The minimum atomic E-state index is -0.265. The van der Waals surface area contributed by atoms with Crippen molar-refractivity contribution in [2.75, 3.05) is 38.1 Å². The van der Waals surface area contributed by atoms with Gasteiger partial charge in [-0.3, -0.25) is 9.20 Å². The molecule has 0 spiro atoms. The van der Waals surface area contributed by atoms with E-state index in [2.05, 4.69) is 21.8 Å². The molecule has 0 saturated carbocycles. The summed E-state index contributed by atoms with van der Waals surface area (Å²) in [5.74, 6) is -0.239. The number of hydrogen-bond donors (Lipinski definition) is 1. The van der Waals surface area contributed by atoms with Gasteiger partial charge in [0.15, 0.2) is 0 Å². The first-order valence-corrected chi connectivity index (χ1v) is 6.29. The van der Waals surface area contributed by atoms with Crippen LogP contribution in [0.1, 0.15) is 0 Å². The summed E-state index contributed by atoms with van der Waals surface area (Å²) in [4.78, 5) is 20.3. The lowest BCUT2D eigenvalue weighted by Crippen LogP contribution is -2.44. The maximum absolute atomic E-state index is 11.8. The van der Waals surface area contributed by atoms with Crippen molar-refractivity contribution in [1.29, 1.82) is 0 Å². The van der Waals surface area contributed by atoms with Crippen molar-refractivity contribution in [3.63, 3.8) is 0 Å². The monoisotopic (exact) mass is 260 g/mol. The fourth-order valence-electron chi connectivity index (χ4n) is 2.33. The molecule has 0 unspecified atom stereocenters. The molecule has 6 heteroatoms. The smallest absolute Gasteiger partial charge is 0.261 e. The van der Waals surface area contributed by atoms with E-state index in [0.717, 1.165) is 37.9 Å². The number of piperazine rings is 1. The first-order chi connectivity index (χ1) is 9.13. The molecule has 19 heavy (non-hydrogen) atoms. The Morgan fingerprint density at radius 2 is 1.95 bits per heavy atom. The Balaban J connectivity index is 2.00. The van der Waals surface area contributed by atoms with Crippen molar-refractivity contribution >= 4 is 11.3 Å². The Bertz CT molecular complexity index is 659. The highest BCUT2D eigenvalue weighted by atomic mass is 16.3. The van der Waals surface area contributed by atoms with Gasteiger partial charge in [0.25, 0.3) is 5.56 Å². The van der Waals surface area contributed by atoms with Crippen molar-refractivity contribution in [3.05, 3.63) is 34.7 Å². The van der Waals surface area contributed by atoms with E-state index in [9.17, 15) is 9.90 Å². The zero-order valence-electron chi connectivity index (χ0n) is 10.8. The van der Waals surface area contributed by atoms with Crippen LogP contribution in [0.5, 0.6) is 5.88 Å². The zero-order valence-corrected chi connectivity index (χ0v) is 10.8. The molecule has 0 bridgehead atoms. The van der Waals surface area contributed by atoms with Gasteiger partial charge in [0.2, 0.25) is 5.88 Å². The van der Waals surface area contributed by atoms with Gasteiger partial charge in [-0.2, -0.15) is 4.98 Å². The lowest BCUT2D eigenvalue weighted by atomic mass is 10.3. The largest absolute Gasteiger partial charge is 0.493 e. The predicted molar refractivity (Wildman–Crippen MR) is 72.8 cm³/mol. The van der Waals surface area contributed by atoms with Crippen LogP contribution >= 0.6 is 0 Å². The molecule has 3 rings (SSSR count). The van der Waals surface area contributed by atoms with Crippen LogP contribution in [0.4, 0.5) is 5.69 Å². The maximum atomic E-state index is 11.8. The highest BCUT2D eigenvalue weighted by molar-refractivity contribution is 5.52. The van der Waals surface area contributed by atoms with Gasteiger partial charge in [-0.15, -0.1) is 0 Å². The lowest BCUT2D eigenvalue weighted by molar-refractivity contribution is 0.313. The van der Waals surface area contributed by atoms with Crippen LogP contribution in [0.25, 0.3) is 5.65 Å². The highest BCUT2D eigenvalue weighted by Crippen LogP contribution is 2.16. The normalized spacial score (nSPS) is 17.0. The zero-order chi connectivity index (χ0) is 13.4. The SMILES string of the molecule is CN1CCN(c2ccc3nc(O)cc(=O)n3c2)CC1. The Hall–Kier alpha value is -2.08. The fourth-order valence-corrected chi connectivity index (χ4v) is 2.33. The number of anilines is 1. The summed E-state index contributed by atoms with van der Waals surface area (Å²) in [6, 6.07) is 4.82. The average molecular weight is 260 g/mol. The molecular weight excluding hydrogens is 244 g/mol. The number of rotatable bonds is 1. The van der Waals surface area contributed by atoms with E-state index < -0.39 is 0 Å². The maximum Gasteiger partial charge on any atom is 0.261 e. The molecule has 0 aromatic carbocycles. The van der Waals surface area contributed by atoms with Crippen molar-refractivity contribution in [2.24, 2.45) is 0 Å². The first-order valence-electron chi connectivity index (χ1n) is 6.29. The Kier molecular flexibility index (Phi) is 2.87. The molecule has 1 N–H and O–H groups in total. The van der Waals surface area contributed by atoms with Crippen molar-refractivity contribution in [2.45, 2.75) is 0 Å². The molecule has 1 aliphatic heterocycles. The standard InChI is InChI=1S/C13H16N4O2/c1-15-4-6-16(7-5-15)10-2-3-11-14-12(18)8-13(19)17(11)9-10/h2-3,8-9,18H,4-7H2,1H3. The van der Waals surface area contributed by atoms with Gasteiger partial charge in [-0.1, -0.05) is 0 Å². The molecule has 2 aromatic heterocycles. The summed E-state index contributed by atoms with van der Waals surface area (Å²) in [5.41, 5.74) is 1.21. The van der Waals surface area contributed by atoms with Gasteiger partial charge in [-0.25, -0.2) is 0 Å². The molecule has 1 aliphatic rings. The minimum Gasteiger partial charge on any atom is -0.493 e. The highest BCUT2D eigenvalue weighted by Gasteiger charge is 2.15. The molecule has 0 amide bonds. The van der Waals surface area contributed by atoms with E-state index in [1.165, 1.54) is 4.40 Å². The third kappa shape index (κ3) is 2.26. The van der Waals surface area contributed by atoms with E-state index in [-0.39, 0.29) is 11.4 Å².